The maximum absolute atomic E-state index is 12.1. The number of hydrogen-bond donors (Lipinski definition) is 1. The highest BCUT2D eigenvalue weighted by Crippen LogP contribution is 2.29. The molecule has 0 saturated carbocycles. The van der Waals surface area contributed by atoms with Crippen molar-refractivity contribution in [2.75, 3.05) is 0 Å². The normalized spacial score (nSPS) is 12.9. The van der Waals surface area contributed by atoms with Crippen LogP contribution in [0.5, 0.6) is 0 Å². The molecular formula is C8H6F3NOS. The molecule has 0 aliphatic rings. The predicted molar refractivity (Wildman–Crippen MR) is 47.6 cm³/mol. The van der Waals surface area contributed by atoms with E-state index in [-0.39, 0.29) is 0 Å². The fraction of sp³-hybridized carbons (Fsp3) is 0.125. The van der Waals surface area contributed by atoms with Gasteiger partial charge in [0.15, 0.2) is 0 Å². The summed E-state index contributed by atoms with van der Waals surface area (Å²) in [6.07, 6.45) is -4.62. The van der Waals surface area contributed by atoms with Crippen LogP contribution in [-0.2, 0) is 0 Å². The molecule has 76 valence electrons. The Morgan fingerprint density at radius 1 is 1.21 bits per heavy atom. The lowest BCUT2D eigenvalue weighted by Crippen LogP contribution is -2.19. The monoisotopic (exact) mass is 221 g/mol. The Labute approximate surface area is 82.4 Å². The van der Waals surface area contributed by atoms with E-state index in [4.69, 9.17) is 5.21 Å². The Bertz CT molecular complexity index is 323. The lowest BCUT2D eigenvalue weighted by Gasteiger charge is -2.06. The molecule has 14 heavy (non-hydrogen) atoms. The minimum absolute atomic E-state index is 0.371. The Hall–Kier alpha value is -1.17. The summed E-state index contributed by atoms with van der Waals surface area (Å²) in [5, 5.41) is 9.10. The van der Waals surface area contributed by atoms with E-state index in [9.17, 15) is 13.2 Å². The van der Waals surface area contributed by atoms with E-state index in [0.29, 0.717) is 16.7 Å². The zero-order chi connectivity index (χ0) is 10.6. The van der Waals surface area contributed by atoms with E-state index in [0.717, 1.165) is 0 Å². The molecular weight excluding hydrogens is 215 g/mol. The van der Waals surface area contributed by atoms with Gasteiger partial charge in [-0.1, -0.05) is 35.1 Å². The van der Waals surface area contributed by atoms with Gasteiger partial charge in [0.05, 0.1) is 0 Å². The van der Waals surface area contributed by atoms with E-state index in [2.05, 4.69) is 5.16 Å². The number of benzene rings is 1. The lowest BCUT2D eigenvalue weighted by atomic mass is 10.4. The van der Waals surface area contributed by atoms with Crippen LogP contribution in [0.25, 0.3) is 0 Å². The van der Waals surface area contributed by atoms with Crippen molar-refractivity contribution in [3.05, 3.63) is 30.3 Å². The highest BCUT2D eigenvalue weighted by molar-refractivity contribution is 8.14. The molecule has 0 radical (unpaired) electrons. The standard InChI is InChI=1S/C8H6F3NOS/c9-8(10,11)7(12-13)14-6-4-2-1-3-5-6/h1-5,13H/b12-7-. The summed E-state index contributed by atoms with van der Waals surface area (Å²) in [5.41, 5.74) is 0. The van der Waals surface area contributed by atoms with Crippen molar-refractivity contribution in [2.24, 2.45) is 5.16 Å². The number of alkyl halides is 3. The van der Waals surface area contributed by atoms with Crippen molar-refractivity contribution in [1.29, 1.82) is 0 Å². The van der Waals surface area contributed by atoms with Crippen molar-refractivity contribution >= 4 is 16.8 Å². The maximum Gasteiger partial charge on any atom is 0.443 e. The number of nitrogens with zero attached hydrogens (tertiary/aromatic N) is 1. The van der Waals surface area contributed by atoms with Crippen molar-refractivity contribution in [3.63, 3.8) is 0 Å². The van der Waals surface area contributed by atoms with Crippen LogP contribution in [0.2, 0.25) is 0 Å². The van der Waals surface area contributed by atoms with Gasteiger partial charge in [0, 0.05) is 4.90 Å². The molecule has 1 rings (SSSR count). The van der Waals surface area contributed by atoms with Crippen LogP contribution < -0.4 is 0 Å². The fourth-order valence-electron chi connectivity index (χ4n) is 0.735. The number of halogens is 3. The molecule has 0 heterocycles. The molecule has 0 aromatic heterocycles. The van der Waals surface area contributed by atoms with E-state index in [1.165, 1.54) is 12.1 Å². The van der Waals surface area contributed by atoms with Crippen molar-refractivity contribution in [3.8, 4) is 0 Å². The Balaban J connectivity index is 2.78. The van der Waals surface area contributed by atoms with Gasteiger partial charge in [-0.25, -0.2) is 0 Å². The van der Waals surface area contributed by atoms with Crippen LogP contribution in [0, 0.1) is 0 Å². The van der Waals surface area contributed by atoms with E-state index >= 15 is 0 Å². The molecule has 0 atom stereocenters. The molecule has 0 unspecified atom stereocenters. The first kappa shape index (κ1) is 10.9. The van der Waals surface area contributed by atoms with Crippen LogP contribution in [0.1, 0.15) is 0 Å². The van der Waals surface area contributed by atoms with Gasteiger partial charge in [0.25, 0.3) is 0 Å². The zero-order valence-corrected chi connectivity index (χ0v) is 7.64. The summed E-state index contributed by atoms with van der Waals surface area (Å²) in [6, 6.07) is 7.90. The molecule has 1 aromatic carbocycles. The quantitative estimate of drug-likeness (QED) is 0.260. The van der Waals surface area contributed by atoms with E-state index in [1.54, 1.807) is 18.2 Å². The molecule has 0 aliphatic carbocycles. The predicted octanol–water partition coefficient (Wildman–Crippen LogP) is 3.13. The smallest absolute Gasteiger partial charge is 0.410 e. The van der Waals surface area contributed by atoms with Gasteiger partial charge < -0.3 is 5.21 Å². The van der Waals surface area contributed by atoms with Gasteiger partial charge in [-0.2, -0.15) is 13.2 Å². The van der Waals surface area contributed by atoms with E-state index < -0.39 is 11.2 Å². The van der Waals surface area contributed by atoms with Gasteiger partial charge in [0.2, 0.25) is 5.04 Å². The van der Waals surface area contributed by atoms with Gasteiger partial charge in [0.1, 0.15) is 0 Å². The lowest BCUT2D eigenvalue weighted by molar-refractivity contribution is -0.0573. The number of rotatable bonds is 1. The third kappa shape index (κ3) is 2.95. The average Bonchev–Trinajstić information content (AvgIpc) is 2.14. The number of hydrogen-bond acceptors (Lipinski definition) is 3. The third-order valence-electron chi connectivity index (χ3n) is 1.29. The second-order valence-electron chi connectivity index (χ2n) is 2.32. The molecule has 0 saturated heterocycles. The Kier molecular flexibility index (Phi) is 3.40. The average molecular weight is 221 g/mol. The van der Waals surface area contributed by atoms with Crippen molar-refractivity contribution in [1.82, 2.24) is 0 Å². The van der Waals surface area contributed by atoms with Crippen LogP contribution in [-0.4, -0.2) is 16.4 Å². The summed E-state index contributed by atoms with van der Waals surface area (Å²) in [5.74, 6) is 0. The molecule has 0 fully saturated rings. The molecule has 1 aromatic rings. The Morgan fingerprint density at radius 2 is 1.79 bits per heavy atom. The topological polar surface area (TPSA) is 32.6 Å². The first-order valence-electron chi connectivity index (χ1n) is 3.56. The molecule has 0 amide bonds. The zero-order valence-electron chi connectivity index (χ0n) is 6.82. The van der Waals surface area contributed by atoms with Crippen molar-refractivity contribution < 1.29 is 18.4 Å². The summed E-state index contributed by atoms with van der Waals surface area (Å²) in [4.78, 5) is 0.373. The summed E-state index contributed by atoms with van der Waals surface area (Å²) < 4.78 is 36.3. The van der Waals surface area contributed by atoms with Crippen LogP contribution >= 0.6 is 11.8 Å². The van der Waals surface area contributed by atoms with E-state index in [1.807, 2.05) is 0 Å². The largest absolute Gasteiger partial charge is 0.443 e. The molecule has 1 N–H and O–H groups in total. The third-order valence-corrected chi connectivity index (χ3v) is 2.31. The summed E-state index contributed by atoms with van der Waals surface area (Å²) >= 11 is 0.371. The number of oxime groups is 1. The summed E-state index contributed by atoms with van der Waals surface area (Å²) in [7, 11) is 0. The molecule has 6 heteroatoms. The second-order valence-corrected chi connectivity index (χ2v) is 3.38. The van der Waals surface area contributed by atoms with Crippen LogP contribution in [0.15, 0.2) is 40.4 Å². The van der Waals surface area contributed by atoms with Crippen molar-refractivity contribution in [2.45, 2.75) is 11.1 Å². The highest BCUT2D eigenvalue weighted by Gasteiger charge is 2.37. The SMILES string of the molecule is O/N=C(\Sc1ccccc1)C(F)(F)F. The minimum Gasteiger partial charge on any atom is -0.410 e. The molecule has 0 bridgehead atoms. The second kappa shape index (κ2) is 4.36. The molecule has 0 spiro atoms. The van der Waals surface area contributed by atoms with Gasteiger partial charge in [-0.05, 0) is 12.1 Å². The van der Waals surface area contributed by atoms with Gasteiger partial charge >= 0.3 is 6.18 Å². The molecule has 0 aliphatic heterocycles. The van der Waals surface area contributed by atoms with Crippen LogP contribution in [0.3, 0.4) is 0 Å². The van der Waals surface area contributed by atoms with Gasteiger partial charge in [-0.3, -0.25) is 0 Å². The number of thioether (sulfide) groups is 1. The Morgan fingerprint density at radius 3 is 2.21 bits per heavy atom. The maximum atomic E-state index is 12.1. The first-order chi connectivity index (χ1) is 6.54. The van der Waals surface area contributed by atoms with Gasteiger partial charge in [-0.15, -0.1) is 0 Å². The molecule has 2 nitrogen and oxygen atoms in total. The minimum atomic E-state index is -4.62. The highest BCUT2D eigenvalue weighted by atomic mass is 32.2. The fourth-order valence-corrected chi connectivity index (χ4v) is 1.41. The summed E-state index contributed by atoms with van der Waals surface area (Å²) in [6.45, 7) is 0. The van der Waals surface area contributed by atoms with Crippen LogP contribution in [0.4, 0.5) is 13.2 Å². The first-order valence-corrected chi connectivity index (χ1v) is 4.38.